The van der Waals surface area contributed by atoms with E-state index in [4.69, 9.17) is 20.3 Å². The van der Waals surface area contributed by atoms with Gasteiger partial charge >= 0.3 is 0 Å². The zero-order valence-electron chi connectivity index (χ0n) is 14.5. The normalized spacial score (nSPS) is 16.4. The Morgan fingerprint density at radius 3 is 2.71 bits per heavy atom. The third-order valence-electron chi connectivity index (χ3n) is 5.11. The molecular formula is C18H24N4O2. The Bertz CT molecular complexity index is 776. The number of nitrogen functional groups attached to an aromatic ring is 1. The number of aromatic nitrogens is 2. The van der Waals surface area contributed by atoms with E-state index in [0.717, 1.165) is 24.3 Å². The van der Waals surface area contributed by atoms with Gasteiger partial charge in [-0.2, -0.15) is 5.10 Å². The fourth-order valence-corrected chi connectivity index (χ4v) is 4.03. The van der Waals surface area contributed by atoms with Gasteiger partial charge in [0.05, 0.1) is 36.5 Å². The Kier molecular flexibility index (Phi) is 3.55. The standard InChI is InChI=1S/C18H24N4O2/c1-4-24-18-13(19)9-12(10-14(18)23-3)16-17-15(20-21(16)2)11-5-7-22(17)8-6-11/h9-11H,4-8,19H2,1-3H3. The van der Waals surface area contributed by atoms with E-state index < -0.39 is 0 Å². The van der Waals surface area contributed by atoms with Gasteiger partial charge in [0.2, 0.25) is 0 Å². The van der Waals surface area contributed by atoms with Crippen molar-refractivity contribution in [2.75, 3.05) is 37.4 Å². The summed E-state index contributed by atoms with van der Waals surface area (Å²) in [5.41, 5.74) is 11.5. The van der Waals surface area contributed by atoms with Crippen LogP contribution in [0, 0.1) is 0 Å². The van der Waals surface area contributed by atoms with Crippen molar-refractivity contribution in [2.45, 2.75) is 25.7 Å². The molecule has 2 N–H and O–H groups in total. The second kappa shape index (κ2) is 5.61. The average Bonchev–Trinajstić information content (AvgIpc) is 2.96. The second-order valence-electron chi connectivity index (χ2n) is 6.50. The first-order valence-electron chi connectivity index (χ1n) is 8.56. The molecule has 128 valence electrons. The number of ether oxygens (including phenoxy) is 2. The first-order chi connectivity index (χ1) is 11.6. The van der Waals surface area contributed by atoms with E-state index in [0.29, 0.717) is 29.7 Å². The Balaban J connectivity index is 1.87. The Hall–Kier alpha value is -2.37. The summed E-state index contributed by atoms with van der Waals surface area (Å²) in [7, 11) is 3.65. The van der Waals surface area contributed by atoms with Crippen LogP contribution in [0.1, 0.15) is 31.4 Å². The van der Waals surface area contributed by atoms with Crippen LogP contribution in [0.25, 0.3) is 11.3 Å². The molecule has 1 saturated heterocycles. The molecule has 0 spiro atoms. The highest BCUT2D eigenvalue weighted by Crippen LogP contribution is 2.48. The molecule has 0 saturated carbocycles. The van der Waals surface area contributed by atoms with E-state index in [-0.39, 0.29) is 0 Å². The number of nitrogens with two attached hydrogens (primary N) is 1. The molecule has 0 radical (unpaired) electrons. The molecule has 24 heavy (non-hydrogen) atoms. The van der Waals surface area contributed by atoms with Gasteiger partial charge in [-0.05, 0) is 31.9 Å². The number of fused-ring (bicyclic) bond motifs is 2. The number of anilines is 2. The number of methoxy groups -OCH3 is 1. The highest BCUT2D eigenvalue weighted by atomic mass is 16.5. The summed E-state index contributed by atoms with van der Waals surface area (Å²) < 4.78 is 13.1. The smallest absolute Gasteiger partial charge is 0.184 e. The fourth-order valence-electron chi connectivity index (χ4n) is 4.03. The lowest BCUT2D eigenvalue weighted by Gasteiger charge is -2.39. The van der Waals surface area contributed by atoms with Gasteiger partial charge in [0, 0.05) is 31.6 Å². The van der Waals surface area contributed by atoms with E-state index >= 15 is 0 Å². The van der Waals surface area contributed by atoms with E-state index in [2.05, 4.69) is 4.90 Å². The van der Waals surface area contributed by atoms with Crippen LogP contribution >= 0.6 is 0 Å². The Morgan fingerprint density at radius 2 is 2.04 bits per heavy atom. The van der Waals surface area contributed by atoms with Crippen molar-refractivity contribution in [1.82, 2.24) is 9.78 Å². The molecule has 5 rings (SSSR count). The maximum atomic E-state index is 6.24. The van der Waals surface area contributed by atoms with E-state index in [1.165, 1.54) is 24.2 Å². The molecule has 0 aliphatic carbocycles. The lowest BCUT2D eigenvalue weighted by Crippen LogP contribution is -2.38. The SMILES string of the molecule is CCOc1c(N)cc(-c2c3c(nn2C)C2CCN3CC2)cc1OC. The van der Waals surface area contributed by atoms with Crippen LogP contribution in [-0.4, -0.2) is 36.6 Å². The molecule has 1 aromatic heterocycles. The molecule has 2 bridgehead atoms. The lowest BCUT2D eigenvalue weighted by molar-refractivity contribution is 0.313. The number of rotatable bonds is 4. The minimum atomic E-state index is 0.552. The summed E-state index contributed by atoms with van der Waals surface area (Å²) in [5.74, 6) is 1.87. The van der Waals surface area contributed by atoms with Crippen molar-refractivity contribution in [3.63, 3.8) is 0 Å². The molecular weight excluding hydrogens is 304 g/mol. The maximum absolute atomic E-state index is 6.24. The monoisotopic (exact) mass is 328 g/mol. The predicted octanol–water partition coefficient (Wildman–Crippen LogP) is 2.77. The maximum Gasteiger partial charge on any atom is 0.184 e. The number of hydrogen-bond acceptors (Lipinski definition) is 5. The summed E-state index contributed by atoms with van der Waals surface area (Å²) in [6.45, 7) is 4.71. The van der Waals surface area contributed by atoms with Gasteiger partial charge < -0.3 is 20.1 Å². The summed E-state index contributed by atoms with van der Waals surface area (Å²) in [4.78, 5) is 2.46. The van der Waals surface area contributed by atoms with Crippen molar-refractivity contribution in [1.29, 1.82) is 0 Å². The zero-order chi connectivity index (χ0) is 16.8. The molecule has 2 aromatic rings. The van der Waals surface area contributed by atoms with Crippen molar-refractivity contribution >= 4 is 11.4 Å². The summed E-state index contributed by atoms with van der Waals surface area (Å²) in [6.07, 6.45) is 2.41. The van der Waals surface area contributed by atoms with Crippen molar-refractivity contribution in [2.24, 2.45) is 7.05 Å². The molecule has 6 heteroatoms. The fraction of sp³-hybridized carbons (Fsp3) is 0.500. The molecule has 1 fully saturated rings. The predicted molar refractivity (Wildman–Crippen MR) is 95.0 cm³/mol. The molecule has 0 amide bonds. The molecule has 0 atom stereocenters. The third kappa shape index (κ3) is 2.12. The van der Waals surface area contributed by atoms with E-state index in [1.807, 2.05) is 30.8 Å². The molecule has 3 aliphatic rings. The minimum absolute atomic E-state index is 0.552. The van der Waals surface area contributed by atoms with Gasteiger partial charge in [0.15, 0.2) is 11.5 Å². The van der Waals surface area contributed by atoms with Gasteiger partial charge in [-0.25, -0.2) is 0 Å². The van der Waals surface area contributed by atoms with E-state index in [9.17, 15) is 0 Å². The molecule has 0 unspecified atom stereocenters. The largest absolute Gasteiger partial charge is 0.493 e. The first kappa shape index (κ1) is 15.2. The summed E-state index contributed by atoms with van der Waals surface area (Å²) >= 11 is 0. The van der Waals surface area contributed by atoms with Gasteiger partial charge in [0.25, 0.3) is 0 Å². The first-order valence-corrected chi connectivity index (χ1v) is 8.56. The third-order valence-corrected chi connectivity index (χ3v) is 5.11. The van der Waals surface area contributed by atoms with Crippen LogP contribution in [0.2, 0.25) is 0 Å². The second-order valence-corrected chi connectivity index (χ2v) is 6.50. The van der Waals surface area contributed by atoms with Gasteiger partial charge in [0.1, 0.15) is 0 Å². The molecule has 4 heterocycles. The molecule has 3 aliphatic heterocycles. The quantitative estimate of drug-likeness (QED) is 0.874. The number of nitrogens with zero attached hydrogens (tertiary/aromatic N) is 3. The topological polar surface area (TPSA) is 65.5 Å². The van der Waals surface area contributed by atoms with Crippen molar-refractivity contribution in [3.05, 3.63) is 17.8 Å². The van der Waals surface area contributed by atoms with Crippen LogP contribution < -0.4 is 20.1 Å². The van der Waals surface area contributed by atoms with Gasteiger partial charge in [-0.1, -0.05) is 0 Å². The number of hydrogen-bond donors (Lipinski definition) is 1. The number of aryl methyl sites for hydroxylation is 1. The number of benzene rings is 1. The lowest BCUT2D eigenvalue weighted by atomic mass is 9.86. The molecule has 6 nitrogen and oxygen atoms in total. The van der Waals surface area contributed by atoms with Crippen molar-refractivity contribution in [3.8, 4) is 22.8 Å². The summed E-state index contributed by atoms with van der Waals surface area (Å²) in [5, 5.41) is 4.82. The van der Waals surface area contributed by atoms with Gasteiger partial charge in [-0.3, -0.25) is 4.68 Å². The van der Waals surface area contributed by atoms with Crippen LogP contribution in [0.3, 0.4) is 0 Å². The van der Waals surface area contributed by atoms with Crippen LogP contribution in [-0.2, 0) is 7.05 Å². The van der Waals surface area contributed by atoms with Crippen LogP contribution in [0.15, 0.2) is 12.1 Å². The van der Waals surface area contributed by atoms with Gasteiger partial charge in [-0.15, -0.1) is 0 Å². The zero-order valence-corrected chi connectivity index (χ0v) is 14.5. The molecule has 1 aromatic carbocycles. The van der Waals surface area contributed by atoms with E-state index in [1.54, 1.807) is 7.11 Å². The van der Waals surface area contributed by atoms with Crippen LogP contribution in [0.4, 0.5) is 11.4 Å². The van der Waals surface area contributed by atoms with Crippen molar-refractivity contribution < 1.29 is 9.47 Å². The highest BCUT2D eigenvalue weighted by Gasteiger charge is 2.36. The number of piperidine rings is 1. The Labute approximate surface area is 142 Å². The minimum Gasteiger partial charge on any atom is -0.493 e. The average molecular weight is 328 g/mol. The summed E-state index contributed by atoms with van der Waals surface area (Å²) in [6, 6.07) is 3.97. The van der Waals surface area contributed by atoms with Crippen LogP contribution in [0.5, 0.6) is 11.5 Å². The highest BCUT2D eigenvalue weighted by molar-refractivity contribution is 5.83. The Morgan fingerprint density at radius 1 is 1.29 bits per heavy atom.